The molecule has 0 saturated heterocycles. The van der Waals surface area contributed by atoms with Crippen molar-refractivity contribution in [2.45, 2.75) is 13.5 Å². The summed E-state index contributed by atoms with van der Waals surface area (Å²) < 4.78 is 2.15. The maximum Gasteiger partial charge on any atom is 0.271 e. The standard InChI is InChI=1S/C16H16N4O/c1-11-7-13-8-12(3-4-15(13)20(11)2)9-19-16(21)14-10-17-5-6-18-14/h3-8,10H,9H2,1-2H3,(H,19,21). The fourth-order valence-electron chi connectivity index (χ4n) is 2.34. The number of hydrogen-bond acceptors (Lipinski definition) is 3. The summed E-state index contributed by atoms with van der Waals surface area (Å²) in [4.78, 5) is 19.8. The molecule has 3 rings (SSSR count). The van der Waals surface area contributed by atoms with Gasteiger partial charge in [0, 0.05) is 42.6 Å². The van der Waals surface area contributed by atoms with Crippen LogP contribution in [0.4, 0.5) is 0 Å². The third-order valence-electron chi connectivity index (χ3n) is 3.60. The highest BCUT2D eigenvalue weighted by Crippen LogP contribution is 2.19. The van der Waals surface area contributed by atoms with E-state index in [4.69, 9.17) is 0 Å². The molecular weight excluding hydrogens is 264 g/mol. The Morgan fingerprint density at radius 2 is 2.14 bits per heavy atom. The number of hydrogen-bond donors (Lipinski definition) is 1. The van der Waals surface area contributed by atoms with Crippen LogP contribution in [-0.4, -0.2) is 20.4 Å². The third kappa shape index (κ3) is 2.63. The lowest BCUT2D eigenvalue weighted by molar-refractivity contribution is 0.0945. The molecule has 0 fully saturated rings. The summed E-state index contributed by atoms with van der Waals surface area (Å²) in [6.45, 7) is 2.55. The zero-order chi connectivity index (χ0) is 14.8. The molecular formula is C16H16N4O. The summed E-state index contributed by atoms with van der Waals surface area (Å²) in [6, 6.07) is 8.34. The molecule has 0 atom stereocenters. The summed E-state index contributed by atoms with van der Waals surface area (Å²) >= 11 is 0. The van der Waals surface area contributed by atoms with E-state index < -0.39 is 0 Å². The predicted octanol–water partition coefficient (Wildman–Crippen LogP) is 2.21. The van der Waals surface area contributed by atoms with E-state index in [-0.39, 0.29) is 5.91 Å². The van der Waals surface area contributed by atoms with Gasteiger partial charge in [0.2, 0.25) is 0 Å². The minimum absolute atomic E-state index is 0.215. The summed E-state index contributed by atoms with van der Waals surface area (Å²) in [5.41, 5.74) is 3.79. The second kappa shape index (κ2) is 5.36. The number of amides is 1. The Morgan fingerprint density at radius 3 is 2.90 bits per heavy atom. The molecule has 0 aliphatic heterocycles. The second-order valence-corrected chi connectivity index (χ2v) is 5.01. The largest absolute Gasteiger partial charge is 0.348 e. The number of carbonyl (C=O) groups excluding carboxylic acids is 1. The van der Waals surface area contributed by atoms with E-state index in [1.807, 2.05) is 13.1 Å². The van der Waals surface area contributed by atoms with Crippen molar-refractivity contribution in [3.8, 4) is 0 Å². The predicted molar refractivity (Wildman–Crippen MR) is 80.9 cm³/mol. The van der Waals surface area contributed by atoms with Crippen LogP contribution >= 0.6 is 0 Å². The molecule has 1 amide bonds. The molecule has 0 bridgehead atoms. The lowest BCUT2D eigenvalue weighted by atomic mass is 10.1. The van der Waals surface area contributed by atoms with Crippen LogP contribution in [0, 0.1) is 6.92 Å². The molecule has 0 saturated carbocycles. The van der Waals surface area contributed by atoms with Gasteiger partial charge in [-0.2, -0.15) is 0 Å². The second-order valence-electron chi connectivity index (χ2n) is 5.01. The van der Waals surface area contributed by atoms with Gasteiger partial charge < -0.3 is 9.88 Å². The van der Waals surface area contributed by atoms with E-state index in [0.29, 0.717) is 12.2 Å². The number of nitrogens with one attached hydrogen (secondary N) is 1. The average Bonchev–Trinajstić information content (AvgIpc) is 2.80. The van der Waals surface area contributed by atoms with Crippen molar-refractivity contribution < 1.29 is 4.79 Å². The Bertz CT molecular complexity index is 793. The molecule has 2 heterocycles. The fraction of sp³-hybridized carbons (Fsp3) is 0.188. The monoisotopic (exact) mass is 280 g/mol. The summed E-state index contributed by atoms with van der Waals surface area (Å²) in [5.74, 6) is -0.215. The van der Waals surface area contributed by atoms with Crippen LogP contribution in [-0.2, 0) is 13.6 Å². The molecule has 5 nitrogen and oxygen atoms in total. The zero-order valence-corrected chi connectivity index (χ0v) is 12.0. The van der Waals surface area contributed by atoms with E-state index >= 15 is 0 Å². The third-order valence-corrected chi connectivity index (χ3v) is 3.60. The molecule has 2 aromatic heterocycles. The Hall–Kier alpha value is -2.69. The van der Waals surface area contributed by atoms with Crippen LogP contribution in [0.2, 0.25) is 0 Å². The maximum atomic E-state index is 11.9. The topological polar surface area (TPSA) is 59.8 Å². The van der Waals surface area contributed by atoms with Crippen molar-refractivity contribution in [3.63, 3.8) is 0 Å². The van der Waals surface area contributed by atoms with Gasteiger partial charge in [-0.25, -0.2) is 4.98 Å². The van der Waals surface area contributed by atoms with Gasteiger partial charge in [-0.15, -0.1) is 0 Å². The van der Waals surface area contributed by atoms with E-state index in [9.17, 15) is 4.79 Å². The van der Waals surface area contributed by atoms with E-state index in [0.717, 1.165) is 5.56 Å². The van der Waals surface area contributed by atoms with E-state index in [1.165, 1.54) is 29.0 Å². The summed E-state index contributed by atoms with van der Waals surface area (Å²) in [5, 5.41) is 4.03. The van der Waals surface area contributed by atoms with E-state index in [2.05, 4.69) is 45.0 Å². The Labute approximate surface area is 122 Å². The molecule has 21 heavy (non-hydrogen) atoms. The number of aromatic nitrogens is 3. The number of fused-ring (bicyclic) bond motifs is 1. The first-order valence-electron chi connectivity index (χ1n) is 6.74. The molecule has 0 radical (unpaired) electrons. The van der Waals surface area contributed by atoms with Crippen LogP contribution in [0.15, 0.2) is 42.9 Å². The molecule has 0 spiro atoms. The molecule has 3 aromatic rings. The minimum Gasteiger partial charge on any atom is -0.348 e. The average molecular weight is 280 g/mol. The first kappa shape index (κ1) is 13.3. The molecule has 0 unspecified atom stereocenters. The zero-order valence-electron chi connectivity index (χ0n) is 12.0. The fourth-order valence-corrected chi connectivity index (χ4v) is 2.34. The van der Waals surface area contributed by atoms with Crippen molar-refractivity contribution in [1.82, 2.24) is 19.9 Å². The Balaban J connectivity index is 1.75. The van der Waals surface area contributed by atoms with Crippen molar-refractivity contribution in [2.24, 2.45) is 7.05 Å². The summed E-state index contributed by atoms with van der Waals surface area (Å²) in [6.07, 6.45) is 4.51. The van der Waals surface area contributed by atoms with Gasteiger partial charge in [-0.3, -0.25) is 9.78 Å². The molecule has 1 N–H and O–H groups in total. The van der Waals surface area contributed by atoms with Gasteiger partial charge in [0.15, 0.2) is 0 Å². The SMILES string of the molecule is Cc1cc2cc(CNC(=O)c3cnccn3)ccc2n1C. The normalized spacial score (nSPS) is 10.8. The molecule has 0 aliphatic rings. The quantitative estimate of drug-likeness (QED) is 0.800. The van der Waals surface area contributed by atoms with Crippen molar-refractivity contribution in [1.29, 1.82) is 0 Å². The molecule has 0 aliphatic carbocycles. The van der Waals surface area contributed by atoms with Crippen molar-refractivity contribution in [3.05, 3.63) is 59.8 Å². The van der Waals surface area contributed by atoms with Crippen LogP contribution in [0.1, 0.15) is 21.7 Å². The van der Waals surface area contributed by atoms with Crippen LogP contribution in [0.5, 0.6) is 0 Å². The maximum absolute atomic E-state index is 11.9. The number of rotatable bonds is 3. The van der Waals surface area contributed by atoms with Crippen molar-refractivity contribution >= 4 is 16.8 Å². The minimum atomic E-state index is -0.215. The lowest BCUT2D eigenvalue weighted by Gasteiger charge is -2.05. The van der Waals surface area contributed by atoms with Gasteiger partial charge >= 0.3 is 0 Å². The first-order chi connectivity index (χ1) is 10.1. The first-order valence-corrected chi connectivity index (χ1v) is 6.74. The van der Waals surface area contributed by atoms with E-state index in [1.54, 1.807) is 6.20 Å². The van der Waals surface area contributed by atoms with Crippen LogP contribution in [0.25, 0.3) is 10.9 Å². The summed E-state index contributed by atoms with van der Waals surface area (Å²) in [7, 11) is 2.05. The van der Waals surface area contributed by atoms with Gasteiger partial charge in [-0.05, 0) is 30.7 Å². The van der Waals surface area contributed by atoms with Crippen LogP contribution < -0.4 is 5.32 Å². The highest BCUT2D eigenvalue weighted by atomic mass is 16.1. The molecule has 5 heteroatoms. The van der Waals surface area contributed by atoms with Crippen LogP contribution in [0.3, 0.4) is 0 Å². The Kier molecular flexibility index (Phi) is 3.39. The number of carbonyl (C=O) groups is 1. The highest BCUT2D eigenvalue weighted by Gasteiger charge is 2.07. The van der Waals surface area contributed by atoms with Gasteiger partial charge in [-0.1, -0.05) is 6.07 Å². The number of benzene rings is 1. The smallest absolute Gasteiger partial charge is 0.271 e. The number of nitrogens with zero attached hydrogens (tertiary/aromatic N) is 3. The van der Waals surface area contributed by atoms with Gasteiger partial charge in [0.25, 0.3) is 5.91 Å². The van der Waals surface area contributed by atoms with Crippen molar-refractivity contribution in [2.75, 3.05) is 0 Å². The Morgan fingerprint density at radius 1 is 1.29 bits per heavy atom. The lowest BCUT2D eigenvalue weighted by Crippen LogP contribution is -2.23. The van der Waals surface area contributed by atoms with Gasteiger partial charge in [0.05, 0.1) is 6.20 Å². The highest BCUT2D eigenvalue weighted by molar-refractivity contribution is 5.91. The number of aryl methyl sites for hydroxylation is 2. The molecule has 106 valence electrons. The molecule has 1 aromatic carbocycles. The van der Waals surface area contributed by atoms with Gasteiger partial charge in [0.1, 0.15) is 5.69 Å².